The Hall–Kier alpha value is -1.74. The fourth-order valence-corrected chi connectivity index (χ4v) is 5.16. The van der Waals surface area contributed by atoms with E-state index in [1.807, 2.05) is 5.38 Å². The lowest BCUT2D eigenvalue weighted by atomic mass is 10.1. The number of sulfonamides is 1. The molecule has 8 heteroatoms. The van der Waals surface area contributed by atoms with Crippen LogP contribution in [0.1, 0.15) is 48.7 Å². The van der Waals surface area contributed by atoms with Crippen LogP contribution in [0.15, 0.2) is 46.0 Å². The molecule has 6 nitrogen and oxygen atoms in total. The van der Waals surface area contributed by atoms with Crippen molar-refractivity contribution in [2.75, 3.05) is 19.6 Å². The first kappa shape index (κ1) is 21.0. The van der Waals surface area contributed by atoms with Crippen LogP contribution in [0, 0.1) is 0 Å². The van der Waals surface area contributed by atoms with E-state index in [2.05, 4.69) is 40.2 Å². The van der Waals surface area contributed by atoms with Gasteiger partial charge in [0.05, 0.1) is 10.9 Å². The average Bonchev–Trinajstić information content (AvgIpc) is 3.32. The summed E-state index contributed by atoms with van der Waals surface area (Å²) in [5.41, 5.74) is 1.65. The number of thiophene rings is 1. The molecule has 28 heavy (non-hydrogen) atoms. The van der Waals surface area contributed by atoms with Gasteiger partial charge < -0.3 is 5.32 Å². The third kappa shape index (κ3) is 5.20. The Morgan fingerprint density at radius 1 is 1.18 bits per heavy atom. The number of benzene rings is 1. The van der Waals surface area contributed by atoms with Gasteiger partial charge in [0.15, 0.2) is 0 Å². The second-order valence-corrected chi connectivity index (χ2v) is 9.42. The number of hydrogen-bond donors (Lipinski definition) is 2. The van der Waals surface area contributed by atoms with Gasteiger partial charge in [0.2, 0.25) is 10.0 Å². The largest absolute Gasteiger partial charge is 0.350 e. The highest BCUT2D eigenvalue weighted by Gasteiger charge is 2.28. The second kappa shape index (κ2) is 9.17. The maximum atomic E-state index is 12.6. The SMILES string of the molecule is CCN(CC)[C@H](CNC(=O)c1ccc(S(=O)(=O)NC2CC2)cc1)c1ccsc1. The first-order valence-corrected chi connectivity index (χ1v) is 12.0. The van der Waals surface area contributed by atoms with Gasteiger partial charge in [-0.1, -0.05) is 13.8 Å². The second-order valence-electron chi connectivity index (χ2n) is 6.92. The van der Waals surface area contributed by atoms with Crippen molar-refractivity contribution in [3.63, 3.8) is 0 Å². The molecule has 0 unspecified atom stereocenters. The lowest BCUT2D eigenvalue weighted by molar-refractivity contribution is 0.0935. The number of likely N-dealkylation sites (N-methyl/N-ethyl adjacent to an activating group) is 1. The van der Waals surface area contributed by atoms with Crippen molar-refractivity contribution >= 4 is 27.3 Å². The molecule has 3 rings (SSSR count). The lowest BCUT2D eigenvalue weighted by Gasteiger charge is -2.29. The molecule has 2 aromatic rings. The summed E-state index contributed by atoms with van der Waals surface area (Å²) >= 11 is 1.65. The van der Waals surface area contributed by atoms with Gasteiger partial charge in [0.1, 0.15) is 0 Å². The van der Waals surface area contributed by atoms with E-state index in [0.29, 0.717) is 12.1 Å². The number of nitrogens with one attached hydrogen (secondary N) is 2. The van der Waals surface area contributed by atoms with Crippen molar-refractivity contribution in [1.29, 1.82) is 0 Å². The van der Waals surface area contributed by atoms with Crippen molar-refractivity contribution in [2.24, 2.45) is 0 Å². The normalized spacial score (nSPS) is 15.5. The van der Waals surface area contributed by atoms with Crippen LogP contribution in [0.5, 0.6) is 0 Å². The van der Waals surface area contributed by atoms with E-state index in [-0.39, 0.29) is 22.9 Å². The molecular formula is C20H27N3O3S2. The van der Waals surface area contributed by atoms with Crippen LogP contribution in [-0.4, -0.2) is 44.9 Å². The number of hydrogen-bond acceptors (Lipinski definition) is 5. The number of rotatable bonds is 10. The number of amides is 1. The van der Waals surface area contributed by atoms with Gasteiger partial charge in [0, 0.05) is 18.2 Å². The smallest absolute Gasteiger partial charge is 0.251 e. The van der Waals surface area contributed by atoms with E-state index in [9.17, 15) is 13.2 Å². The van der Waals surface area contributed by atoms with Crippen LogP contribution in [0.2, 0.25) is 0 Å². The van der Waals surface area contributed by atoms with Crippen LogP contribution in [0.4, 0.5) is 0 Å². The molecule has 1 saturated carbocycles. The molecule has 152 valence electrons. The third-order valence-electron chi connectivity index (χ3n) is 4.96. The summed E-state index contributed by atoms with van der Waals surface area (Å²) in [7, 11) is -3.50. The van der Waals surface area contributed by atoms with E-state index in [1.165, 1.54) is 17.7 Å². The zero-order chi connectivity index (χ0) is 20.1. The van der Waals surface area contributed by atoms with Crippen LogP contribution in [-0.2, 0) is 10.0 Å². The summed E-state index contributed by atoms with van der Waals surface area (Å²) in [5.74, 6) is -0.202. The first-order chi connectivity index (χ1) is 13.4. The maximum Gasteiger partial charge on any atom is 0.251 e. The molecule has 1 atom stereocenters. The molecule has 1 heterocycles. The standard InChI is InChI=1S/C20H27N3O3S2/c1-3-23(4-2)19(16-11-12-27-14-16)13-21-20(24)15-5-9-18(10-6-15)28(25,26)22-17-7-8-17/h5-6,9-12,14,17,19,22H,3-4,7-8,13H2,1-2H3,(H,21,24)/t19-/m1/s1. The summed E-state index contributed by atoms with van der Waals surface area (Å²) in [5, 5.41) is 7.15. The van der Waals surface area contributed by atoms with Crippen molar-refractivity contribution in [1.82, 2.24) is 14.9 Å². The van der Waals surface area contributed by atoms with Gasteiger partial charge in [-0.25, -0.2) is 13.1 Å². The van der Waals surface area contributed by atoms with Crippen LogP contribution in [0.3, 0.4) is 0 Å². The molecule has 0 aliphatic heterocycles. The van der Waals surface area contributed by atoms with Crippen molar-refractivity contribution in [3.8, 4) is 0 Å². The first-order valence-electron chi connectivity index (χ1n) is 9.61. The predicted molar refractivity (Wildman–Crippen MR) is 112 cm³/mol. The van der Waals surface area contributed by atoms with E-state index < -0.39 is 10.0 Å². The van der Waals surface area contributed by atoms with Gasteiger partial charge in [-0.3, -0.25) is 9.69 Å². The Balaban J connectivity index is 1.64. The van der Waals surface area contributed by atoms with Crippen molar-refractivity contribution in [3.05, 3.63) is 52.2 Å². The molecule has 0 bridgehead atoms. The Labute approximate surface area is 171 Å². The van der Waals surface area contributed by atoms with Crippen LogP contribution < -0.4 is 10.0 Å². The van der Waals surface area contributed by atoms with Crippen molar-refractivity contribution in [2.45, 2.75) is 43.7 Å². The molecule has 0 radical (unpaired) electrons. The summed E-state index contributed by atoms with van der Waals surface area (Å²) in [6, 6.07) is 8.36. The molecule has 1 aliphatic rings. The minimum Gasteiger partial charge on any atom is -0.350 e. The Kier molecular flexibility index (Phi) is 6.87. The summed E-state index contributed by atoms with van der Waals surface area (Å²) < 4.78 is 27.1. The monoisotopic (exact) mass is 421 g/mol. The quantitative estimate of drug-likeness (QED) is 0.618. The predicted octanol–water partition coefficient (Wildman–Crippen LogP) is 3.00. The average molecular weight is 422 g/mol. The Morgan fingerprint density at radius 2 is 1.86 bits per heavy atom. The molecule has 1 aromatic heterocycles. The minimum atomic E-state index is -3.50. The minimum absolute atomic E-state index is 0.0575. The fraction of sp³-hybridized carbons (Fsp3) is 0.450. The Morgan fingerprint density at radius 3 is 2.39 bits per heavy atom. The Bertz CT molecular complexity index is 872. The third-order valence-corrected chi connectivity index (χ3v) is 7.20. The van der Waals surface area contributed by atoms with Gasteiger partial charge in [-0.2, -0.15) is 11.3 Å². The molecule has 0 saturated heterocycles. The topological polar surface area (TPSA) is 78.5 Å². The van der Waals surface area contributed by atoms with Gasteiger partial charge in [-0.15, -0.1) is 0 Å². The summed E-state index contributed by atoms with van der Waals surface area (Å²) in [6.45, 7) is 6.51. The molecule has 2 N–H and O–H groups in total. The number of carbonyl (C=O) groups excluding carboxylic acids is 1. The van der Waals surface area contributed by atoms with Gasteiger partial charge in [-0.05, 0) is 72.6 Å². The van der Waals surface area contributed by atoms with E-state index >= 15 is 0 Å². The molecule has 1 amide bonds. The highest BCUT2D eigenvalue weighted by atomic mass is 32.2. The van der Waals surface area contributed by atoms with E-state index in [0.717, 1.165) is 25.9 Å². The lowest BCUT2D eigenvalue weighted by Crippen LogP contribution is -2.37. The summed E-state index contributed by atoms with van der Waals surface area (Å²) in [6.07, 6.45) is 1.77. The van der Waals surface area contributed by atoms with Gasteiger partial charge >= 0.3 is 0 Å². The molecule has 1 fully saturated rings. The van der Waals surface area contributed by atoms with E-state index in [1.54, 1.807) is 23.5 Å². The fourth-order valence-electron chi connectivity index (χ4n) is 3.15. The zero-order valence-corrected chi connectivity index (χ0v) is 17.9. The van der Waals surface area contributed by atoms with Crippen molar-refractivity contribution < 1.29 is 13.2 Å². The summed E-state index contributed by atoms with van der Waals surface area (Å²) in [4.78, 5) is 15.1. The number of carbonyl (C=O) groups is 1. The molecule has 1 aliphatic carbocycles. The maximum absolute atomic E-state index is 12.6. The van der Waals surface area contributed by atoms with Crippen LogP contribution in [0.25, 0.3) is 0 Å². The highest BCUT2D eigenvalue weighted by molar-refractivity contribution is 7.89. The van der Waals surface area contributed by atoms with Crippen LogP contribution >= 0.6 is 11.3 Å². The molecular weight excluding hydrogens is 394 g/mol. The highest BCUT2D eigenvalue weighted by Crippen LogP contribution is 2.23. The number of nitrogens with zero attached hydrogens (tertiary/aromatic N) is 1. The van der Waals surface area contributed by atoms with E-state index in [4.69, 9.17) is 0 Å². The molecule has 0 spiro atoms. The zero-order valence-electron chi connectivity index (χ0n) is 16.2. The van der Waals surface area contributed by atoms with Gasteiger partial charge in [0.25, 0.3) is 5.91 Å². The molecule has 1 aromatic carbocycles.